The van der Waals surface area contributed by atoms with E-state index in [1.807, 2.05) is 45.0 Å². The van der Waals surface area contributed by atoms with E-state index in [0.29, 0.717) is 21.8 Å². The van der Waals surface area contributed by atoms with Gasteiger partial charge in [-0.3, -0.25) is 14.4 Å². The first-order valence-corrected chi connectivity index (χ1v) is 15.0. The molecule has 1 unspecified atom stereocenters. The van der Waals surface area contributed by atoms with Crippen molar-refractivity contribution in [3.05, 3.63) is 111 Å². The van der Waals surface area contributed by atoms with E-state index in [1.54, 1.807) is 6.07 Å². The molecule has 0 saturated carbocycles. The van der Waals surface area contributed by atoms with Gasteiger partial charge in [0, 0.05) is 17.7 Å². The van der Waals surface area contributed by atoms with E-state index in [1.165, 1.54) is 35.4 Å². The minimum atomic E-state index is -0.729. The van der Waals surface area contributed by atoms with Crippen LogP contribution in [0.5, 0.6) is 0 Å². The molecule has 4 aromatic rings. The Morgan fingerprint density at radius 2 is 1.66 bits per heavy atom. The highest BCUT2D eigenvalue weighted by atomic mass is 32.2. The maximum Gasteiger partial charge on any atom is 0.338 e. The number of carbonyl (C=O) groups excluding carboxylic acids is 4. The van der Waals surface area contributed by atoms with E-state index >= 15 is 0 Å². The Morgan fingerprint density at radius 1 is 0.955 bits per heavy atom. The Kier molecular flexibility index (Phi) is 7.62. The van der Waals surface area contributed by atoms with Gasteiger partial charge in [-0.05, 0) is 90.9 Å². The monoisotopic (exact) mass is 601 g/mol. The minimum absolute atomic E-state index is 0.0390. The fourth-order valence-electron chi connectivity index (χ4n) is 5.59. The Hall–Kier alpha value is -5.07. The summed E-state index contributed by atoms with van der Waals surface area (Å²) in [6.07, 6.45) is 0.714. The van der Waals surface area contributed by atoms with Crippen molar-refractivity contribution in [3.63, 3.8) is 0 Å². The molecule has 1 aromatic heterocycles. The number of ketones is 1. The smallest absolute Gasteiger partial charge is 0.338 e. The lowest BCUT2D eigenvalue weighted by molar-refractivity contribution is -0.121. The highest BCUT2D eigenvalue weighted by Gasteiger charge is 2.41. The first-order chi connectivity index (χ1) is 21.2. The number of nitriles is 1. The summed E-state index contributed by atoms with van der Waals surface area (Å²) < 4.78 is 5.29. The predicted octanol–water partition coefficient (Wildman–Crippen LogP) is 5.91. The second kappa shape index (κ2) is 11.5. The second-order valence-corrected chi connectivity index (χ2v) is 12.1. The van der Waals surface area contributed by atoms with Gasteiger partial charge in [-0.15, -0.1) is 0 Å². The van der Waals surface area contributed by atoms with Crippen LogP contribution in [0.1, 0.15) is 60.6 Å². The van der Waals surface area contributed by atoms with Gasteiger partial charge in [0.05, 0.1) is 22.1 Å². The van der Waals surface area contributed by atoms with Crippen molar-refractivity contribution in [2.24, 2.45) is 0 Å². The number of amides is 2. The first-order valence-electron chi connectivity index (χ1n) is 14.1. The van der Waals surface area contributed by atoms with Crippen LogP contribution in [0.15, 0.2) is 71.8 Å². The lowest BCUT2D eigenvalue weighted by Crippen LogP contribution is -2.31. The zero-order chi connectivity index (χ0) is 31.1. The Balaban J connectivity index is 1.09. The normalized spacial score (nSPS) is 15.1. The molecule has 218 valence electrons. The number of hydrogen-bond acceptors (Lipinski definition) is 8. The first kappa shape index (κ1) is 29.0. The molecule has 2 aliphatic rings. The summed E-state index contributed by atoms with van der Waals surface area (Å²) in [6, 6.07) is 21.8. The van der Waals surface area contributed by atoms with Crippen molar-refractivity contribution >= 4 is 41.0 Å². The van der Waals surface area contributed by atoms with Gasteiger partial charge < -0.3 is 4.74 Å². The van der Waals surface area contributed by atoms with E-state index in [-0.39, 0.29) is 23.7 Å². The van der Waals surface area contributed by atoms with Gasteiger partial charge in [-0.25, -0.2) is 14.7 Å². The number of imide groups is 1. The van der Waals surface area contributed by atoms with Crippen LogP contribution in [-0.2, 0) is 20.7 Å². The maximum atomic E-state index is 13.3. The third kappa shape index (κ3) is 5.18. The molecule has 0 spiro atoms. The standard InChI is InChI=1S/C35H27N3O5S/c1-19-20(2)29(17-36)33(37-21(19)3)44-31-16-32(40)38(34(31)41)26-11-8-22(9-12-26)35(42)43-18-30(39)24-10-13-28-25(15-24)14-23-6-4-5-7-27(23)28/h4-13,15,31H,14,16,18H2,1-3H3. The Labute approximate surface area is 258 Å². The molecule has 2 heterocycles. The number of rotatable bonds is 7. The lowest BCUT2D eigenvalue weighted by Gasteiger charge is -2.16. The quantitative estimate of drug-likeness (QED) is 0.128. The Morgan fingerprint density at radius 3 is 2.41 bits per heavy atom. The van der Waals surface area contributed by atoms with Crippen molar-refractivity contribution in [1.29, 1.82) is 5.26 Å². The minimum Gasteiger partial charge on any atom is -0.454 e. The fourth-order valence-corrected chi connectivity index (χ4v) is 6.80. The third-order valence-electron chi connectivity index (χ3n) is 8.25. The number of thioether (sulfide) groups is 1. The molecule has 1 saturated heterocycles. The molecular weight excluding hydrogens is 574 g/mol. The summed E-state index contributed by atoms with van der Waals surface area (Å²) in [4.78, 5) is 57.3. The fraction of sp³-hybridized carbons (Fsp3) is 0.200. The van der Waals surface area contributed by atoms with Crippen LogP contribution in [0.3, 0.4) is 0 Å². The molecule has 1 fully saturated rings. The zero-order valence-electron chi connectivity index (χ0n) is 24.3. The SMILES string of the molecule is Cc1nc(SC2CC(=O)N(c3ccc(C(=O)OCC(=O)c4ccc5c(c4)Cc4ccccc4-5)cc3)C2=O)c(C#N)c(C)c1C. The molecule has 44 heavy (non-hydrogen) atoms. The number of aromatic nitrogens is 1. The summed E-state index contributed by atoms with van der Waals surface area (Å²) in [7, 11) is 0. The molecule has 0 bridgehead atoms. The summed E-state index contributed by atoms with van der Waals surface area (Å²) in [5.41, 5.74) is 8.43. The van der Waals surface area contributed by atoms with Crippen molar-refractivity contribution in [2.45, 2.75) is 43.9 Å². The number of esters is 1. The molecule has 8 nitrogen and oxygen atoms in total. The second-order valence-electron chi connectivity index (χ2n) is 10.9. The summed E-state index contributed by atoms with van der Waals surface area (Å²) >= 11 is 1.12. The summed E-state index contributed by atoms with van der Waals surface area (Å²) in [5.74, 6) is -1.80. The van der Waals surface area contributed by atoms with Crippen LogP contribution in [0, 0.1) is 32.1 Å². The number of pyridine rings is 1. The third-order valence-corrected chi connectivity index (χ3v) is 9.42. The number of benzene rings is 3. The summed E-state index contributed by atoms with van der Waals surface area (Å²) in [5, 5.41) is 9.38. The molecular formula is C35H27N3O5S. The number of nitrogens with zero attached hydrogens (tertiary/aromatic N) is 3. The average molecular weight is 602 g/mol. The molecule has 1 aliphatic carbocycles. The number of aryl methyl sites for hydroxylation is 1. The number of carbonyl (C=O) groups is 4. The van der Waals surface area contributed by atoms with E-state index in [4.69, 9.17) is 4.74 Å². The maximum absolute atomic E-state index is 13.3. The van der Waals surface area contributed by atoms with Gasteiger partial charge in [0.2, 0.25) is 11.8 Å². The van der Waals surface area contributed by atoms with Crippen molar-refractivity contribution in [1.82, 2.24) is 4.98 Å². The number of anilines is 1. The van der Waals surface area contributed by atoms with Gasteiger partial charge in [0.15, 0.2) is 12.4 Å². The van der Waals surface area contributed by atoms with Gasteiger partial charge >= 0.3 is 5.97 Å². The van der Waals surface area contributed by atoms with Crippen LogP contribution in [0.25, 0.3) is 11.1 Å². The molecule has 6 rings (SSSR count). The number of Topliss-reactive ketones (excluding diaryl/α,β-unsaturated/α-hetero) is 1. The van der Waals surface area contributed by atoms with Gasteiger partial charge in [-0.2, -0.15) is 5.26 Å². The van der Waals surface area contributed by atoms with E-state index in [0.717, 1.165) is 51.0 Å². The van der Waals surface area contributed by atoms with Crippen molar-refractivity contribution in [3.8, 4) is 17.2 Å². The molecule has 1 aliphatic heterocycles. The van der Waals surface area contributed by atoms with Gasteiger partial charge in [0.25, 0.3) is 0 Å². The molecule has 1 atom stereocenters. The topological polar surface area (TPSA) is 117 Å². The largest absolute Gasteiger partial charge is 0.454 e. The van der Waals surface area contributed by atoms with Crippen LogP contribution < -0.4 is 4.90 Å². The van der Waals surface area contributed by atoms with Crippen LogP contribution in [0.4, 0.5) is 5.69 Å². The molecule has 2 amide bonds. The number of ether oxygens (including phenoxy) is 1. The molecule has 3 aromatic carbocycles. The van der Waals surface area contributed by atoms with E-state index in [2.05, 4.69) is 23.2 Å². The number of fused-ring (bicyclic) bond motifs is 3. The van der Waals surface area contributed by atoms with Gasteiger partial charge in [-0.1, -0.05) is 48.2 Å². The van der Waals surface area contributed by atoms with Crippen LogP contribution in [-0.4, -0.2) is 40.4 Å². The zero-order valence-corrected chi connectivity index (χ0v) is 25.2. The van der Waals surface area contributed by atoms with Crippen LogP contribution >= 0.6 is 11.8 Å². The van der Waals surface area contributed by atoms with E-state index < -0.39 is 23.7 Å². The highest BCUT2D eigenvalue weighted by Crippen LogP contribution is 2.38. The van der Waals surface area contributed by atoms with E-state index in [9.17, 15) is 24.4 Å². The highest BCUT2D eigenvalue weighted by molar-refractivity contribution is 8.00. The predicted molar refractivity (Wildman–Crippen MR) is 166 cm³/mol. The molecule has 9 heteroatoms. The average Bonchev–Trinajstić information content (AvgIpc) is 3.53. The van der Waals surface area contributed by atoms with Crippen LogP contribution in [0.2, 0.25) is 0 Å². The van der Waals surface area contributed by atoms with Crippen molar-refractivity contribution < 1.29 is 23.9 Å². The lowest BCUT2D eigenvalue weighted by atomic mass is 10.0. The number of hydrogen-bond donors (Lipinski definition) is 0. The molecule has 0 N–H and O–H groups in total. The van der Waals surface area contributed by atoms with Crippen molar-refractivity contribution in [2.75, 3.05) is 11.5 Å². The summed E-state index contributed by atoms with van der Waals surface area (Å²) in [6.45, 7) is 5.17. The Bertz CT molecular complexity index is 1930. The van der Waals surface area contributed by atoms with Gasteiger partial charge in [0.1, 0.15) is 11.1 Å². The molecule has 0 radical (unpaired) electrons.